The molecule has 1 aliphatic carbocycles. The van der Waals surface area contributed by atoms with E-state index in [1.807, 2.05) is 0 Å². The van der Waals surface area contributed by atoms with Crippen LogP contribution in [-0.4, -0.2) is 0 Å². The van der Waals surface area contributed by atoms with Crippen LogP contribution in [0.5, 0.6) is 0 Å². The molecule has 1 aliphatic rings. The van der Waals surface area contributed by atoms with E-state index in [2.05, 4.69) is 111 Å². The SMILES string of the molecule is Cc1cccc(-c2ccc3c(c2)C(C)(c2ccccc2)c2ccccc2-3)c1. The van der Waals surface area contributed by atoms with Crippen LogP contribution in [0.4, 0.5) is 0 Å². The van der Waals surface area contributed by atoms with Crippen LogP contribution >= 0.6 is 0 Å². The van der Waals surface area contributed by atoms with E-state index in [-0.39, 0.29) is 5.41 Å². The Morgan fingerprint density at radius 1 is 0.556 bits per heavy atom. The lowest BCUT2D eigenvalue weighted by Gasteiger charge is -2.28. The standard InChI is InChI=1S/C27H22/c1-19-9-8-10-20(17-19)21-15-16-24-23-13-6-7-14-25(23)27(2,26(24)18-21)22-11-4-3-5-12-22/h3-18H,1-2H3. The third kappa shape index (κ3) is 2.37. The van der Waals surface area contributed by atoms with Gasteiger partial charge in [-0.2, -0.15) is 0 Å². The maximum absolute atomic E-state index is 2.40. The quantitative estimate of drug-likeness (QED) is 0.367. The molecule has 130 valence electrons. The predicted octanol–water partition coefficient (Wildman–Crippen LogP) is 7.00. The van der Waals surface area contributed by atoms with Crippen LogP contribution < -0.4 is 0 Å². The highest BCUT2D eigenvalue weighted by molar-refractivity contribution is 5.85. The first-order valence-corrected chi connectivity index (χ1v) is 9.55. The summed E-state index contributed by atoms with van der Waals surface area (Å²) in [6.45, 7) is 4.52. The van der Waals surface area contributed by atoms with Crippen LogP contribution in [-0.2, 0) is 5.41 Å². The molecule has 1 unspecified atom stereocenters. The molecule has 0 amide bonds. The van der Waals surface area contributed by atoms with Crippen molar-refractivity contribution in [3.8, 4) is 22.3 Å². The first-order valence-electron chi connectivity index (χ1n) is 9.55. The van der Waals surface area contributed by atoms with Crippen molar-refractivity contribution in [2.24, 2.45) is 0 Å². The van der Waals surface area contributed by atoms with Crippen molar-refractivity contribution in [3.05, 3.63) is 119 Å². The van der Waals surface area contributed by atoms with Gasteiger partial charge in [0, 0.05) is 5.41 Å². The van der Waals surface area contributed by atoms with Crippen LogP contribution in [0.3, 0.4) is 0 Å². The molecule has 27 heavy (non-hydrogen) atoms. The van der Waals surface area contributed by atoms with Crippen molar-refractivity contribution >= 4 is 0 Å². The van der Waals surface area contributed by atoms with Crippen molar-refractivity contribution in [2.45, 2.75) is 19.3 Å². The van der Waals surface area contributed by atoms with Crippen LogP contribution in [0.1, 0.15) is 29.2 Å². The zero-order chi connectivity index (χ0) is 18.4. The maximum Gasteiger partial charge on any atom is 0.0435 e. The summed E-state index contributed by atoms with van der Waals surface area (Å²) < 4.78 is 0. The molecule has 0 fully saturated rings. The van der Waals surface area contributed by atoms with Crippen LogP contribution in [0.15, 0.2) is 97.1 Å². The lowest BCUT2D eigenvalue weighted by atomic mass is 9.74. The van der Waals surface area contributed by atoms with Gasteiger partial charge in [-0.05, 0) is 58.9 Å². The average molecular weight is 346 g/mol. The number of hydrogen-bond acceptors (Lipinski definition) is 0. The Kier molecular flexibility index (Phi) is 3.55. The minimum Gasteiger partial charge on any atom is -0.0622 e. The third-order valence-electron chi connectivity index (χ3n) is 6.02. The molecule has 1 atom stereocenters. The third-order valence-corrected chi connectivity index (χ3v) is 6.02. The van der Waals surface area contributed by atoms with E-state index < -0.39 is 0 Å². The number of aryl methyl sites for hydroxylation is 1. The molecule has 0 saturated carbocycles. The Morgan fingerprint density at radius 3 is 2.07 bits per heavy atom. The lowest BCUT2D eigenvalue weighted by Crippen LogP contribution is -2.22. The van der Waals surface area contributed by atoms with Gasteiger partial charge in [-0.25, -0.2) is 0 Å². The molecule has 4 aromatic carbocycles. The second-order valence-corrected chi connectivity index (χ2v) is 7.67. The molecule has 0 aliphatic heterocycles. The summed E-state index contributed by atoms with van der Waals surface area (Å²) in [5.74, 6) is 0. The van der Waals surface area contributed by atoms with E-state index in [0.717, 1.165) is 0 Å². The second-order valence-electron chi connectivity index (χ2n) is 7.67. The van der Waals surface area contributed by atoms with Gasteiger partial charge in [0.05, 0.1) is 0 Å². The summed E-state index contributed by atoms with van der Waals surface area (Å²) >= 11 is 0. The monoisotopic (exact) mass is 346 g/mol. The average Bonchev–Trinajstić information content (AvgIpc) is 2.98. The summed E-state index contributed by atoms with van der Waals surface area (Å²) in [4.78, 5) is 0. The van der Waals surface area contributed by atoms with E-state index in [1.165, 1.54) is 44.5 Å². The minimum atomic E-state index is -0.132. The molecule has 0 heteroatoms. The smallest absolute Gasteiger partial charge is 0.0435 e. The predicted molar refractivity (Wildman–Crippen MR) is 114 cm³/mol. The van der Waals surface area contributed by atoms with Crippen LogP contribution in [0.25, 0.3) is 22.3 Å². The lowest BCUT2D eigenvalue weighted by molar-refractivity contribution is 0.714. The largest absolute Gasteiger partial charge is 0.0622 e. The molecule has 0 bridgehead atoms. The second kappa shape index (κ2) is 5.96. The van der Waals surface area contributed by atoms with Gasteiger partial charge in [0.25, 0.3) is 0 Å². The van der Waals surface area contributed by atoms with E-state index in [0.29, 0.717) is 0 Å². The van der Waals surface area contributed by atoms with Crippen molar-refractivity contribution in [2.75, 3.05) is 0 Å². The molecule has 0 heterocycles. The minimum absolute atomic E-state index is 0.132. The number of benzene rings is 4. The molecule has 5 rings (SSSR count). The Bertz CT molecular complexity index is 1140. The maximum atomic E-state index is 2.40. The van der Waals surface area contributed by atoms with Crippen LogP contribution in [0, 0.1) is 6.92 Å². The zero-order valence-corrected chi connectivity index (χ0v) is 15.7. The van der Waals surface area contributed by atoms with Gasteiger partial charge in [-0.3, -0.25) is 0 Å². The Labute approximate surface area is 161 Å². The fourth-order valence-corrected chi connectivity index (χ4v) is 4.58. The van der Waals surface area contributed by atoms with Gasteiger partial charge in [-0.1, -0.05) is 96.6 Å². The normalized spacial score (nSPS) is 17.4. The van der Waals surface area contributed by atoms with Gasteiger partial charge in [-0.15, -0.1) is 0 Å². The Hall–Kier alpha value is -3.12. The summed E-state index contributed by atoms with van der Waals surface area (Å²) in [5.41, 5.74) is 10.6. The van der Waals surface area contributed by atoms with Gasteiger partial charge in [0.2, 0.25) is 0 Å². The van der Waals surface area contributed by atoms with E-state index in [1.54, 1.807) is 0 Å². The van der Waals surface area contributed by atoms with Crippen molar-refractivity contribution in [1.29, 1.82) is 0 Å². The molecular formula is C27H22. The molecule has 0 saturated heterocycles. The Balaban J connectivity index is 1.79. The topological polar surface area (TPSA) is 0 Å². The van der Waals surface area contributed by atoms with E-state index >= 15 is 0 Å². The molecule has 0 radical (unpaired) electrons. The summed E-state index contributed by atoms with van der Waals surface area (Å²) in [5, 5.41) is 0. The number of hydrogen-bond donors (Lipinski definition) is 0. The molecule has 0 aromatic heterocycles. The zero-order valence-electron chi connectivity index (χ0n) is 15.7. The molecular weight excluding hydrogens is 324 g/mol. The van der Waals surface area contributed by atoms with Crippen molar-refractivity contribution in [3.63, 3.8) is 0 Å². The first kappa shape index (κ1) is 16.1. The molecule has 0 nitrogen and oxygen atoms in total. The highest BCUT2D eigenvalue weighted by Crippen LogP contribution is 2.52. The number of rotatable bonds is 2. The fourth-order valence-electron chi connectivity index (χ4n) is 4.58. The fraction of sp³-hybridized carbons (Fsp3) is 0.111. The Morgan fingerprint density at radius 2 is 1.26 bits per heavy atom. The summed E-state index contributed by atoms with van der Waals surface area (Å²) in [6.07, 6.45) is 0. The van der Waals surface area contributed by atoms with E-state index in [4.69, 9.17) is 0 Å². The molecule has 4 aromatic rings. The highest BCUT2D eigenvalue weighted by atomic mass is 14.4. The van der Waals surface area contributed by atoms with Gasteiger partial charge >= 0.3 is 0 Å². The van der Waals surface area contributed by atoms with Crippen molar-refractivity contribution in [1.82, 2.24) is 0 Å². The van der Waals surface area contributed by atoms with Gasteiger partial charge < -0.3 is 0 Å². The first-order chi connectivity index (χ1) is 13.2. The van der Waals surface area contributed by atoms with Crippen molar-refractivity contribution < 1.29 is 0 Å². The van der Waals surface area contributed by atoms with E-state index in [9.17, 15) is 0 Å². The highest BCUT2D eigenvalue weighted by Gasteiger charge is 2.40. The van der Waals surface area contributed by atoms with Gasteiger partial charge in [0.15, 0.2) is 0 Å². The summed E-state index contributed by atoms with van der Waals surface area (Å²) in [7, 11) is 0. The van der Waals surface area contributed by atoms with Crippen LogP contribution in [0.2, 0.25) is 0 Å². The molecule has 0 N–H and O–H groups in total. The number of fused-ring (bicyclic) bond motifs is 3. The molecule has 0 spiro atoms. The van der Waals surface area contributed by atoms with Gasteiger partial charge in [0.1, 0.15) is 0 Å². The summed E-state index contributed by atoms with van der Waals surface area (Å²) in [6, 6.07) is 35.5.